The monoisotopic (exact) mass is 334 g/mol. The maximum atomic E-state index is 13.0. The molecule has 126 valence electrons. The maximum Gasteiger partial charge on any atom is 0.328 e. The van der Waals surface area contributed by atoms with E-state index in [0.717, 1.165) is 0 Å². The van der Waals surface area contributed by atoms with E-state index in [-0.39, 0.29) is 31.3 Å². The molecule has 0 aliphatic carbocycles. The van der Waals surface area contributed by atoms with E-state index in [1.165, 1.54) is 33.8 Å². The van der Waals surface area contributed by atoms with Crippen molar-refractivity contribution in [2.24, 2.45) is 0 Å². The first-order valence-electron chi connectivity index (χ1n) is 7.29. The van der Waals surface area contributed by atoms with Gasteiger partial charge in [-0.2, -0.15) is 0 Å². The largest absolute Gasteiger partial charge is 0.480 e. The third-order valence-corrected chi connectivity index (χ3v) is 3.84. The Kier molecular flexibility index (Phi) is 4.26. The van der Waals surface area contributed by atoms with Gasteiger partial charge < -0.3 is 14.7 Å². The molecule has 1 atom stereocenters. The van der Waals surface area contributed by atoms with Gasteiger partial charge in [-0.1, -0.05) is 5.21 Å². The van der Waals surface area contributed by atoms with Crippen LogP contribution >= 0.6 is 0 Å². The third kappa shape index (κ3) is 2.85. The van der Waals surface area contributed by atoms with Crippen LogP contribution in [0.1, 0.15) is 16.2 Å². The maximum absolute atomic E-state index is 13.0. The smallest absolute Gasteiger partial charge is 0.328 e. The average Bonchev–Trinajstić information content (AvgIpc) is 2.96. The first-order chi connectivity index (χ1) is 11.5. The lowest BCUT2D eigenvalue weighted by Gasteiger charge is -2.32. The molecule has 0 radical (unpaired) electrons. The van der Waals surface area contributed by atoms with Crippen LogP contribution in [-0.4, -0.2) is 62.7 Å². The SMILES string of the molecule is Cc1c(C(=O)N2CCOCC2C(=O)O)nnn1-c1ccc(F)cc1. The summed E-state index contributed by atoms with van der Waals surface area (Å²) in [6.07, 6.45) is 0. The Morgan fingerprint density at radius 3 is 2.71 bits per heavy atom. The number of carbonyl (C=O) groups is 2. The van der Waals surface area contributed by atoms with Gasteiger partial charge in [0, 0.05) is 6.54 Å². The number of nitrogens with zero attached hydrogens (tertiary/aromatic N) is 4. The van der Waals surface area contributed by atoms with E-state index in [0.29, 0.717) is 11.4 Å². The zero-order valence-electron chi connectivity index (χ0n) is 12.8. The topological polar surface area (TPSA) is 97.6 Å². The van der Waals surface area contributed by atoms with Crippen LogP contribution in [0.3, 0.4) is 0 Å². The predicted octanol–water partition coefficient (Wildman–Crippen LogP) is 0.640. The Labute approximate surface area is 136 Å². The van der Waals surface area contributed by atoms with Gasteiger partial charge in [-0.3, -0.25) is 4.79 Å². The number of benzene rings is 1. The van der Waals surface area contributed by atoms with E-state index in [9.17, 15) is 19.1 Å². The second-order valence-electron chi connectivity index (χ2n) is 5.34. The minimum atomic E-state index is -1.13. The minimum Gasteiger partial charge on any atom is -0.480 e. The van der Waals surface area contributed by atoms with E-state index >= 15 is 0 Å². The molecule has 3 rings (SSSR count). The molecule has 2 aromatic rings. The van der Waals surface area contributed by atoms with Crippen molar-refractivity contribution in [3.05, 3.63) is 41.5 Å². The lowest BCUT2D eigenvalue weighted by Crippen LogP contribution is -2.52. The van der Waals surface area contributed by atoms with Crippen molar-refractivity contribution in [1.29, 1.82) is 0 Å². The molecule has 1 amide bonds. The second kappa shape index (κ2) is 6.36. The van der Waals surface area contributed by atoms with Gasteiger partial charge in [-0.15, -0.1) is 5.10 Å². The van der Waals surface area contributed by atoms with Gasteiger partial charge in [-0.25, -0.2) is 13.9 Å². The molecular formula is C15H15FN4O4. The molecule has 1 unspecified atom stereocenters. The van der Waals surface area contributed by atoms with Gasteiger partial charge in [0.1, 0.15) is 5.82 Å². The summed E-state index contributed by atoms with van der Waals surface area (Å²) in [6.45, 7) is 2.01. The van der Waals surface area contributed by atoms with Gasteiger partial charge in [0.05, 0.1) is 24.6 Å². The summed E-state index contributed by atoms with van der Waals surface area (Å²) >= 11 is 0. The molecule has 0 saturated carbocycles. The van der Waals surface area contributed by atoms with Crippen LogP contribution in [0, 0.1) is 12.7 Å². The average molecular weight is 334 g/mol. The molecule has 1 aromatic heterocycles. The molecule has 8 nitrogen and oxygen atoms in total. The second-order valence-corrected chi connectivity index (χ2v) is 5.34. The number of ether oxygens (including phenoxy) is 1. The zero-order valence-corrected chi connectivity index (χ0v) is 12.8. The highest BCUT2D eigenvalue weighted by molar-refractivity contribution is 5.96. The molecule has 9 heteroatoms. The van der Waals surface area contributed by atoms with Crippen LogP contribution in [0.4, 0.5) is 4.39 Å². The molecule has 2 heterocycles. The van der Waals surface area contributed by atoms with E-state index in [4.69, 9.17) is 4.74 Å². The van der Waals surface area contributed by atoms with Gasteiger partial charge >= 0.3 is 5.97 Å². The van der Waals surface area contributed by atoms with Crippen molar-refractivity contribution in [1.82, 2.24) is 19.9 Å². The number of hydrogen-bond acceptors (Lipinski definition) is 5. The minimum absolute atomic E-state index is 0.0625. The van der Waals surface area contributed by atoms with Crippen molar-refractivity contribution in [3.63, 3.8) is 0 Å². The number of rotatable bonds is 3. The number of hydrogen-bond donors (Lipinski definition) is 1. The van der Waals surface area contributed by atoms with Gasteiger partial charge in [0.15, 0.2) is 11.7 Å². The van der Waals surface area contributed by atoms with Crippen molar-refractivity contribution in [2.45, 2.75) is 13.0 Å². The van der Waals surface area contributed by atoms with E-state index in [1.54, 1.807) is 6.92 Å². The van der Waals surface area contributed by atoms with Gasteiger partial charge in [0.2, 0.25) is 0 Å². The Morgan fingerprint density at radius 1 is 1.33 bits per heavy atom. The molecule has 1 N–H and O–H groups in total. The molecular weight excluding hydrogens is 319 g/mol. The number of morpholine rings is 1. The molecule has 1 aromatic carbocycles. The highest BCUT2D eigenvalue weighted by Gasteiger charge is 2.35. The van der Waals surface area contributed by atoms with Gasteiger partial charge in [-0.05, 0) is 31.2 Å². The zero-order chi connectivity index (χ0) is 17.3. The van der Waals surface area contributed by atoms with Gasteiger partial charge in [0.25, 0.3) is 5.91 Å². The van der Waals surface area contributed by atoms with Crippen molar-refractivity contribution in [2.75, 3.05) is 19.8 Å². The molecule has 24 heavy (non-hydrogen) atoms. The fourth-order valence-electron chi connectivity index (χ4n) is 2.54. The summed E-state index contributed by atoms with van der Waals surface area (Å²) in [7, 11) is 0. The summed E-state index contributed by atoms with van der Waals surface area (Å²) in [5, 5.41) is 17.0. The number of carboxylic acid groups (broad SMARTS) is 1. The first kappa shape index (κ1) is 16.1. The Morgan fingerprint density at radius 2 is 2.04 bits per heavy atom. The van der Waals surface area contributed by atoms with Crippen LogP contribution in [0.15, 0.2) is 24.3 Å². The van der Waals surface area contributed by atoms with Crippen molar-refractivity contribution < 1.29 is 23.8 Å². The highest BCUT2D eigenvalue weighted by Crippen LogP contribution is 2.17. The van der Waals surface area contributed by atoms with Crippen LogP contribution in [-0.2, 0) is 9.53 Å². The van der Waals surface area contributed by atoms with Crippen molar-refractivity contribution >= 4 is 11.9 Å². The number of carbonyl (C=O) groups excluding carboxylic acids is 1. The summed E-state index contributed by atoms with van der Waals surface area (Å²) < 4.78 is 19.6. The predicted molar refractivity (Wildman–Crippen MR) is 79.3 cm³/mol. The Balaban J connectivity index is 1.91. The summed E-state index contributed by atoms with van der Waals surface area (Å²) in [5.41, 5.74) is 1.06. The summed E-state index contributed by atoms with van der Waals surface area (Å²) in [4.78, 5) is 25.2. The lowest BCUT2D eigenvalue weighted by molar-refractivity contribution is -0.147. The van der Waals surface area contributed by atoms with E-state index < -0.39 is 17.9 Å². The van der Waals surface area contributed by atoms with Crippen LogP contribution in [0.25, 0.3) is 5.69 Å². The number of amides is 1. The molecule has 1 aliphatic heterocycles. The van der Waals surface area contributed by atoms with Crippen LogP contribution in [0.2, 0.25) is 0 Å². The Bertz CT molecular complexity index is 774. The standard InChI is InChI=1S/C15H15FN4O4/c1-9-13(14(21)19-6-7-24-8-12(19)15(22)23)17-18-20(9)11-4-2-10(16)3-5-11/h2-5,12H,6-8H2,1H3,(H,22,23). The van der Waals surface area contributed by atoms with E-state index in [2.05, 4.69) is 10.3 Å². The molecule has 1 aliphatic rings. The summed E-state index contributed by atoms with van der Waals surface area (Å²) in [5.74, 6) is -2.03. The quantitative estimate of drug-likeness (QED) is 0.885. The fraction of sp³-hybridized carbons (Fsp3) is 0.333. The van der Waals surface area contributed by atoms with Crippen LogP contribution < -0.4 is 0 Å². The van der Waals surface area contributed by atoms with E-state index in [1.807, 2.05) is 0 Å². The number of aliphatic carboxylic acids is 1. The Hall–Kier alpha value is -2.81. The fourth-order valence-corrected chi connectivity index (χ4v) is 2.54. The first-order valence-corrected chi connectivity index (χ1v) is 7.29. The normalized spacial score (nSPS) is 17.8. The van der Waals surface area contributed by atoms with Crippen molar-refractivity contribution in [3.8, 4) is 5.69 Å². The molecule has 0 spiro atoms. The van der Waals surface area contributed by atoms with Crippen LogP contribution in [0.5, 0.6) is 0 Å². The number of aromatic nitrogens is 3. The molecule has 1 saturated heterocycles. The number of halogens is 1. The highest BCUT2D eigenvalue weighted by atomic mass is 19.1. The summed E-state index contributed by atoms with van der Waals surface area (Å²) in [6, 6.07) is 4.53. The third-order valence-electron chi connectivity index (χ3n) is 3.84. The number of carboxylic acids is 1. The lowest BCUT2D eigenvalue weighted by atomic mass is 10.2. The molecule has 1 fully saturated rings. The molecule has 0 bridgehead atoms.